The summed E-state index contributed by atoms with van der Waals surface area (Å²) in [5.74, 6) is 1.38. The fraction of sp³-hybridized carbons (Fsp3) is 0.231. The van der Waals surface area contributed by atoms with E-state index in [9.17, 15) is 9.90 Å². The van der Waals surface area contributed by atoms with Gasteiger partial charge in [-0.1, -0.05) is 18.2 Å². The zero-order chi connectivity index (χ0) is 24.1. The van der Waals surface area contributed by atoms with Crippen LogP contribution in [-0.2, 0) is 0 Å². The van der Waals surface area contributed by atoms with Crippen LogP contribution in [0.15, 0.2) is 59.7 Å². The van der Waals surface area contributed by atoms with E-state index in [0.29, 0.717) is 35.0 Å². The number of carboxylic acid groups (broad SMARTS) is 1. The van der Waals surface area contributed by atoms with Crippen molar-refractivity contribution in [1.29, 1.82) is 0 Å². The van der Waals surface area contributed by atoms with Gasteiger partial charge in [-0.3, -0.25) is 0 Å². The van der Waals surface area contributed by atoms with Crippen molar-refractivity contribution in [3.8, 4) is 28.7 Å². The number of ether oxygens (including phenoxy) is 5. The molecule has 0 bridgehead atoms. The van der Waals surface area contributed by atoms with Gasteiger partial charge in [0.05, 0.1) is 26.0 Å². The average molecular weight is 474 g/mol. The number of benzene rings is 3. The predicted octanol–water partition coefficient (Wildman–Crippen LogP) is 4.37. The number of carboxylic acids is 1. The van der Waals surface area contributed by atoms with Gasteiger partial charge in [-0.2, -0.15) is 5.10 Å². The molecule has 0 unspecified atom stereocenters. The topological polar surface area (TPSA) is 99.1 Å². The smallest absolute Gasteiger partial charge is 0.340 e. The number of nitrogens with zero attached hydrogens (tertiary/aromatic N) is 2. The normalized spacial score (nSPS) is 19.4. The number of methoxy groups -OCH3 is 2. The fourth-order valence-electron chi connectivity index (χ4n) is 4.86. The number of hydrogen-bond acceptors (Lipinski definition) is 8. The van der Waals surface area contributed by atoms with Crippen molar-refractivity contribution >= 4 is 11.7 Å². The molecule has 178 valence electrons. The van der Waals surface area contributed by atoms with E-state index in [0.717, 1.165) is 16.8 Å². The maximum absolute atomic E-state index is 12.4. The summed E-state index contributed by atoms with van der Waals surface area (Å²) >= 11 is 0. The summed E-state index contributed by atoms with van der Waals surface area (Å²) in [6.45, 7) is 0.195. The lowest BCUT2D eigenvalue weighted by molar-refractivity contribution is -0.0199. The Morgan fingerprint density at radius 3 is 2.63 bits per heavy atom. The van der Waals surface area contributed by atoms with Crippen LogP contribution in [0.2, 0.25) is 0 Å². The number of hydrazone groups is 1. The van der Waals surface area contributed by atoms with Crippen molar-refractivity contribution in [2.45, 2.75) is 18.7 Å². The van der Waals surface area contributed by atoms with E-state index < -0.39 is 12.2 Å². The second-order valence-electron chi connectivity index (χ2n) is 8.29. The van der Waals surface area contributed by atoms with Crippen LogP contribution < -0.4 is 23.7 Å². The summed E-state index contributed by atoms with van der Waals surface area (Å²) in [6, 6.07) is 16.7. The zero-order valence-electron chi connectivity index (χ0n) is 19.1. The quantitative estimate of drug-likeness (QED) is 0.582. The molecule has 6 rings (SSSR count). The van der Waals surface area contributed by atoms with Crippen LogP contribution in [0.3, 0.4) is 0 Å². The van der Waals surface area contributed by atoms with Gasteiger partial charge in [0.25, 0.3) is 0 Å². The van der Waals surface area contributed by atoms with Crippen LogP contribution in [0, 0.1) is 0 Å². The number of fused-ring (bicyclic) bond motifs is 4. The Labute approximate surface area is 201 Å². The number of rotatable bonds is 5. The molecule has 0 fully saturated rings. The van der Waals surface area contributed by atoms with Crippen LogP contribution in [0.5, 0.6) is 28.7 Å². The number of carbonyl (C=O) groups is 1. The minimum atomic E-state index is -1.14. The SMILES string of the molecule is COc1ccc([C@H]2Oc3ccccc3[C@@H]3CC(c4ccc5c(c4)OCO5)=NN23)c(C(=O)O)c1OC. The molecular formula is C26H22N2O7. The monoisotopic (exact) mass is 474 g/mol. The average Bonchev–Trinajstić information content (AvgIpc) is 3.54. The van der Waals surface area contributed by atoms with Gasteiger partial charge in [0.2, 0.25) is 13.0 Å². The molecule has 3 aliphatic rings. The number of aromatic carboxylic acids is 1. The predicted molar refractivity (Wildman–Crippen MR) is 125 cm³/mol. The van der Waals surface area contributed by atoms with Gasteiger partial charge < -0.3 is 28.8 Å². The fourth-order valence-corrected chi connectivity index (χ4v) is 4.86. The molecule has 0 aromatic heterocycles. The molecule has 0 radical (unpaired) electrons. The molecule has 0 saturated carbocycles. The largest absolute Gasteiger partial charge is 0.493 e. The molecule has 1 N–H and O–H groups in total. The molecule has 0 aliphatic carbocycles. The molecule has 9 heteroatoms. The molecule has 3 aliphatic heterocycles. The van der Waals surface area contributed by atoms with Crippen LogP contribution in [-0.4, -0.2) is 42.8 Å². The van der Waals surface area contributed by atoms with Gasteiger partial charge in [0, 0.05) is 23.1 Å². The molecule has 3 heterocycles. The van der Waals surface area contributed by atoms with Gasteiger partial charge in [0.15, 0.2) is 23.0 Å². The minimum absolute atomic E-state index is 0.0262. The summed E-state index contributed by atoms with van der Waals surface area (Å²) in [6.07, 6.45) is -0.168. The van der Waals surface area contributed by atoms with Gasteiger partial charge in [0.1, 0.15) is 11.3 Å². The summed E-state index contributed by atoms with van der Waals surface area (Å²) in [4.78, 5) is 12.4. The van der Waals surface area contributed by atoms with E-state index in [1.165, 1.54) is 14.2 Å². The van der Waals surface area contributed by atoms with E-state index in [2.05, 4.69) is 0 Å². The highest BCUT2D eigenvalue weighted by atomic mass is 16.7. The maximum atomic E-state index is 12.4. The summed E-state index contributed by atoms with van der Waals surface area (Å²) in [5, 5.41) is 16.9. The summed E-state index contributed by atoms with van der Waals surface area (Å²) < 4.78 is 28.1. The lowest BCUT2D eigenvalue weighted by Crippen LogP contribution is -2.34. The third kappa shape index (κ3) is 3.30. The van der Waals surface area contributed by atoms with Crippen molar-refractivity contribution in [3.63, 3.8) is 0 Å². The first-order valence-corrected chi connectivity index (χ1v) is 11.1. The summed E-state index contributed by atoms with van der Waals surface area (Å²) in [5.41, 5.74) is 3.13. The minimum Gasteiger partial charge on any atom is -0.493 e. The Morgan fingerprint density at radius 2 is 1.83 bits per heavy atom. The van der Waals surface area contributed by atoms with Crippen molar-refractivity contribution < 1.29 is 33.6 Å². The van der Waals surface area contributed by atoms with E-state index in [1.807, 2.05) is 47.5 Å². The zero-order valence-corrected chi connectivity index (χ0v) is 19.1. The van der Waals surface area contributed by atoms with Crippen LogP contribution in [0.4, 0.5) is 0 Å². The van der Waals surface area contributed by atoms with Crippen molar-refractivity contribution in [2.24, 2.45) is 5.10 Å². The lowest BCUT2D eigenvalue weighted by Gasteiger charge is -2.38. The van der Waals surface area contributed by atoms with Crippen LogP contribution >= 0.6 is 0 Å². The first-order chi connectivity index (χ1) is 17.1. The number of hydrogen-bond donors (Lipinski definition) is 1. The van der Waals surface area contributed by atoms with Crippen molar-refractivity contribution in [2.75, 3.05) is 21.0 Å². The Kier molecular flexibility index (Phi) is 4.91. The Bertz CT molecular complexity index is 1370. The summed E-state index contributed by atoms with van der Waals surface area (Å²) in [7, 11) is 2.88. The standard InChI is InChI=1S/C26H22N2O7/c1-31-21-10-8-16(23(26(29)30)24(21)32-2)25-28-18(15-5-3-4-6-19(15)35-25)12-17(27-28)14-7-9-20-22(11-14)34-13-33-20/h3-11,18,25H,12-13H2,1-2H3,(H,29,30)/t18-,25+/m0/s1. The van der Waals surface area contributed by atoms with E-state index in [-0.39, 0.29) is 24.1 Å². The van der Waals surface area contributed by atoms with Crippen molar-refractivity contribution in [3.05, 3.63) is 76.9 Å². The molecule has 0 spiro atoms. The maximum Gasteiger partial charge on any atom is 0.340 e. The number of para-hydroxylation sites is 1. The van der Waals surface area contributed by atoms with Crippen LogP contribution in [0.1, 0.15) is 45.7 Å². The highest BCUT2D eigenvalue weighted by Gasteiger charge is 2.43. The molecular weight excluding hydrogens is 452 g/mol. The van der Waals surface area contributed by atoms with E-state index in [1.54, 1.807) is 12.1 Å². The highest BCUT2D eigenvalue weighted by Crippen LogP contribution is 2.49. The lowest BCUT2D eigenvalue weighted by atomic mass is 9.95. The molecule has 0 saturated heterocycles. The van der Waals surface area contributed by atoms with Gasteiger partial charge >= 0.3 is 5.97 Å². The van der Waals surface area contributed by atoms with E-state index >= 15 is 0 Å². The molecule has 9 nitrogen and oxygen atoms in total. The Morgan fingerprint density at radius 1 is 1.00 bits per heavy atom. The van der Waals surface area contributed by atoms with Gasteiger partial charge in [-0.25, -0.2) is 9.80 Å². The second kappa shape index (κ2) is 8.12. The van der Waals surface area contributed by atoms with Crippen LogP contribution in [0.25, 0.3) is 0 Å². The Balaban J connectivity index is 1.48. The van der Waals surface area contributed by atoms with Crippen molar-refractivity contribution in [1.82, 2.24) is 5.01 Å². The Hall–Kier alpha value is -4.40. The molecule has 2 atom stereocenters. The molecule has 3 aromatic carbocycles. The van der Waals surface area contributed by atoms with Gasteiger partial charge in [-0.05, 0) is 36.4 Å². The first-order valence-electron chi connectivity index (χ1n) is 11.1. The molecule has 35 heavy (non-hydrogen) atoms. The molecule has 0 amide bonds. The molecule has 3 aromatic rings. The first kappa shape index (κ1) is 21.2. The third-order valence-corrected chi connectivity index (χ3v) is 6.46. The second-order valence-corrected chi connectivity index (χ2v) is 8.29. The van der Waals surface area contributed by atoms with Gasteiger partial charge in [-0.15, -0.1) is 0 Å². The third-order valence-electron chi connectivity index (χ3n) is 6.46. The van der Waals surface area contributed by atoms with E-state index in [4.69, 9.17) is 28.8 Å². The highest BCUT2D eigenvalue weighted by molar-refractivity contribution is 6.02.